The molecule has 1 aliphatic heterocycles. The van der Waals surface area contributed by atoms with Gasteiger partial charge in [-0.3, -0.25) is 0 Å². The molecular weight excluding hydrogens is 310 g/mol. The van der Waals surface area contributed by atoms with Gasteiger partial charge >= 0.3 is 0 Å². The first-order valence-electron chi connectivity index (χ1n) is 8.47. The Kier molecular flexibility index (Phi) is 3.89. The van der Waals surface area contributed by atoms with Crippen LogP contribution in [-0.2, 0) is 10.0 Å². The van der Waals surface area contributed by atoms with Crippen molar-refractivity contribution in [1.82, 2.24) is 9.71 Å². The van der Waals surface area contributed by atoms with Crippen LogP contribution in [0.4, 0.5) is 5.82 Å². The van der Waals surface area contributed by atoms with Crippen molar-refractivity contribution in [2.75, 3.05) is 24.5 Å². The molecule has 1 aromatic heterocycles. The maximum Gasteiger partial charge on any atom is 0.242 e. The number of hydrogen-bond donors (Lipinski definition) is 1. The van der Waals surface area contributed by atoms with E-state index >= 15 is 0 Å². The lowest BCUT2D eigenvalue weighted by molar-refractivity contribution is 0.411. The third kappa shape index (κ3) is 3.28. The van der Waals surface area contributed by atoms with Crippen LogP contribution in [0.25, 0.3) is 0 Å². The number of anilines is 1. The predicted octanol–water partition coefficient (Wildman–Crippen LogP) is 2.17. The summed E-state index contributed by atoms with van der Waals surface area (Å²) in [6, 6.07) is 3.52. The lowest BCUT2D eigenvalue weighted by atomic mass is 9.86. The second kappa shape index (κ2) is 5.91. The highest BCUT2D eigenvalue weighted by molar-refractivity contribution is 7.89. The van der Waals surface area contributed by atoms with Crippen LogP contribution in [0.5, 0.6) is 0 Å². The molecule has 1 saturated heterocycles. The number of sulfonamides is 1. The quantitative estimate of drug-likeness (QED) is 0.839. The summed E-state index contributed by atoms with van der Waals surface area (Å²) in [6.45, 7) is 2.59. The second-order valence-corrected chi connectivity index (χ2v) is 8.78. The van der Waals surface area contributed by atoms with E-state index in [0.717, 1.165) is 44.6 Å². The molecule has 0 spiro atoms. The van der Waals surface area contributed by atoms with Crippen molar-refractivity contribution in [2.45, 2.75) is 30.6 Å². The minimum atomic E-state index is -3.42. The molecule has 2 heterocycles. The smallest absolute Gasteiger partial charge is 0.242 e. The molecule has 2 atom stereocenters. The topological polar surface area (TPSA) is 62.3 Å². The summed E-state index contributed by atoms with van der Waals surface area (Å²) in [5, 5.41) is 0. The van der Waals surface area contributed by atoms with Gasteiger partial charge in [0.25, 0.3) is 0 Å². The van der Waals surface area contributed by atoms with E-state index in [9.17, 15) is 8.42 Å². The highest BCUT2D eigenvalue weighted by atomic mass is 32.2. The molecule has 6 heteroatoms. The largest absolute Gasteiger partial charge is 0.356 e. The monoisotopic (exact) mass is 333 g/mol. The lowest BCUT2D eigenvalue weighted by Gasteiger charge is -2.17. The number of aromatic nitrogens is 1. The Hall–Kier alpha value is -1.40. The number of fused-ring (bicyclic) bond motifs is 1. The van der Waals surface area contributed by atoms with Crippen LogP contribution in [0.1, 0.15) is 25.7 Å². The van der Waals surface area contributed by atoms with Gasteiger partial charge in [0.2, 0.25) is 10.0 Å². The van der Waals surface area contributed by atoms with Crippen molar-refractivity contribution in [1.29, 1.82) is 0 Å². The number of nitrogens with zero attached hydrogens (tertiary/aromatic N) is 2. The number of nitrogens with one attached hydrogen (secondary N) is 1. The Bertz CT molecular complexity index is 679. The minimum absolute atomic E-state index is 0.264. The zero-order valence-electron chi connectivity index (χ0n) is 13.2. The van der Waals surface area contributed by atoms with E-state index in [4.69, 9.17) is 0 Å². The predicted molar refractivity (Wildman–Crippen MR) is 89.7 cm³/mol. The zero-order valence-corrected chi connectivity index (χ0v) is 14.0. The molecule has 0 bridgehead atoms. The summed E-state index contributed by atoms with van der Waals surface area (Å²) in [6.07, 6.45) is 10.6. The first-order valence-corrected chi connectivity index (χ1v) is 9.96. The summed E-state index contributed by atoms with van der Waals surface area (Å²) in [5.74, 6) is 2.84. The number of allylic oxidation sites excluding steroid dienone is 2. The second-order valence-electron chi connectivity index (χ2n) is 7.02. The Morgan fingerprint density at radius 2 is 1.83 bits per heavy atom. The van der Waals surface area contributed by atoms with Gasteiger partial charge in [0.1, 0.15) is 10.7 Å². The Morgan fingerprint density at radius 3 is 2.39 bits per heavy atom. The molecule has 1 N–H and O–H groups in total. The van der Waals surface area contributed by atoms with Gasteiger partial charge in [-0.2, -0.15) is 0 Å². The van der Waals surface area contributed by atoms with E-state index in [1.807, 2.05) is 6.07 Å². The molecule has 0 amide bonds. The van der Waals surface area contributed by atoms with Crippen LogP contribution in [-0.4, -0.2) is 33.0 Å². The molecule has 1 aromatic rings. The van der Waals surface area contributed by atoms with E-state index in [1.165, 1.54) is 6.20 Å². The van der Waals surface area contributed by atoms with E-state index in [-0.39, 0.29) is 4.90 Å². The molecule has 0 radical (unpaired) electrons. The molecule has 2 unspecified atom stereocenters. The van der Waals surface area contributed by atoms with Crippen molar-refractivity contribution in [3.05, 3.63) is 30.5 Å². The molecule has 23 heavy (non-hydrogen) atoms. The summed E-state index contributed by atoms with van der Waals surface area (Å²) in [4.78, 5) is 6.97. The van der Waals surface area contributed by atoms with Crippen LogP contribution in [0.3, 0.4) is 0 Å². The van der Waals surface area contributed by atoms with Gasteiger partial charge in [-0.15, -0.1) is 0 Å². The van der Waals surface area contributed by atoms with Crippen molar-refractivity contribution >= 4 is 15.8 Å². The van der Waals surface area contributed by atoms with Gasteiger partial charge in [0.15, 0.2) is 0 Å². The standard InChI is InChI=1S/C17H23N3O2S/c21-23(22,19-9-13-5-6-13)16-7-8-17(18-10-16)20-11-14-3-1-2-4-15(14)12-20/h1-2,7-8,10,13-15,19H,3-6,9,11-12H2. The molecule has 2 fully saturated rings. The normalized spacial score (nSPS) is 27.2. The number of rotatable bonds is 5. The van der Waals surface area contributed by atoms with Crippen molar-refractivity contribution < 1.29 is 8.42 Å². The van der Waals surface area contributed by atoms with E-state index in [0.29, 0.717) is 24.3 Å². The number of hydrogen-bond acceptors (Lipinski definition) is 4. The molecule has 3 aliphatic rings. The first-order chi connectivity index (χ1) is 11.1. The van der Waals surface area contributed by atoms with Gasteiger partial charge in [0.05, 0.1) is 0 Å². The first kappa shape index (κ1) is 15.1. The molecule has 124 valence electrons. The summed E-state index contributed by atoms with van der Waals surface area (Å²) in [7, 11) is -3.42. The van der Waals surface area contributed by atoms with Crippen molar-refractivity contribution in [2.24, 2.45) is 17.8 Å². The fraction of sp³-hybridized carbons (Fsp3) is 0.588. The summed E-state index contributed by atoms with van der Waals surface area (Å²) >= 11 is 0. The maximum atomic E-state index is 12.2. The van der Waals surface area contributed by atoms with Gasteiger partial charge in [-0.25, -0.2) is 18.1 Å². The minimum Gasteiger partial charge on any atom is -0.356 e. The summed E-state index contributed by atoms with van der Waals surface area (Å²) in [5.41, 5.74) is 0. The fourth-order valence-electron chi connectivity index (χ4n) is 3.55. The maximum absolute atomic E-state index is 12.2. The molecule has 0 aromatic carbocycles. The van der Waals surface area contributed by atoms with Crippen LogP contribution >= 0.6 is 0 Å². The van der Waals surface area contributed by atoms with E-state index in [2.05, 4.69) is 26.8 Å². The van der Waals surface area contributed by atoms with Crippen LogP contribution in [0, 0.1) is 17.8 Å². The SMILES string of the molecule is O=S(=O)(NCC1CC1)c1ccc(N2CC3CC=CCC3C2)nc1. The molecular formula is C17H23N3O2S. The van der Waals surface area contributed by atoms with Gasteiger partial charge < -0.3 is 4.90 Å². The molecule has 5 nitrogen and oxygen atoms in total. The fourth-order valence-corrected chi connectivity index (χ4v) is 4.61. The average molecular weight is 333 g/mol. The Morgan fingerprint density at radius 1 is 1.13 bits per heavy atom. The molecule has 1 saturated carbocycles. The lowest BCUT2D eigenvalue weighted by Crippen LogP contribution is -2.26. The highest BCUT2D eigenvalue weighted by Crippen LogP contribution is 2.34. The van der Waals surface area contributed by atoms with Gasteiger partial charge in [-0.1, -0.05) is 12.2 Å². The van der Waals surface area contributed by atoms with E-state index < -0.39 is 10.0 Å². The van der Waals surface area contributed by atoms with Crippen molar-refractivity contribution in [3.63, 3.8) is 0 Å². The molecule has 4 rings (SSSR count). The Labute approximate surface area is 137 Å². The zero-order chi connectivity index (χ0) is 15.9. The van der Waals surface area contributed by atoms with E-state index in [1.54, 1.807) is 6.07 Å². The van der Waals surface area contributed by atoms with Crippen molar-refractivity contribution in [3.8, 4) is 0 Å². The Balaban J connectivity index is 1.43. The van der Waals surface area contributed by atoms with Gasteiger partial charge in [-0.05, 0) is 55.6 Å². The molecule has 2 aliphatic carbocycles. The number of pyridine rings is 1. The van der Waals surface area contributed by atoms with Crippen LogP contribution < -0.4 is 9.62 Å². The third-order valence-electron chi connectivity index (χ3n) is 5.23. The third-order valence-corrected chi connectivity index (χ3v) is 6.64. The van der Waals surface area contributed by atoms with Gasteiger partial charge in [0, 0.05) is 25.8 Å². The van der Waals surface area contributed by atoms with Crippen LogP contribution in [0.15, 0.2) is 35.4 Å². The summed E-state index contributed by atoms with van der Waals surface area (Å²) < 4.78 is 27.1. The average Bonchev–Trinajstić information content (AvgIpc) is 3.30. The van der Waals surface area contributed by atoms with Crippen LogP contribution in [0.2, 0.25) is 0 Å². The highest BCUT2D eigenvalue weighted by Gasteiger charge is 2.33.